The van der Waals surface area contributed by atoms with E-state index in [1.54, 1.807) is 10.9 Å². The summed E-state index contributed by atoms with van der Waals surface area (Å²) < 4.78 is 1.67. The van der Waals surface area contributed by atoms with Gasteiger partial charge in [0.25, 0.3) is 5.91 Å². The molecule has 1 atom stereocenters. The summed E-state index contributed by atoms with van der Waals surface area (Å²) >= 11 is 0. The maximum atomic E-state index is 12.5. The number of carbonyl (C=O) groups excluding carboxylic acids is 1. The highest BCUT2D eigenvalue weighted by atomic mass is 16.3. The van der Waals surface area contributed by atoms with Crippen molar-refractivity contribution in [2.24, 2.45) is 7.05 Å². The van der Waals surface area contributed by atoms with Gasteiger partial charge < -0.3 is 10.4 Å². The van der Waals surface area contributed by atoms with Gasteiger partial charge in [0.05, 0.1) is 6.10 Å². The molecule has 1 unspecified atom stereocenters. The van der Waals surface area contributed by atoms with Gasteiger partial charge in [-0.05, 0) is 31.4 Å². The number of carbonyl (C=O) groups is 1. The quantitative estimate of drug-likeness (QED) is 0.725. The number of aliphatic hydroxyl groups is 1. The first-order chi connectivity index (χ1) is 12.1. The third-order valence-corrected chi connectivity index (χ3v) is 4.38. The van der Waals surface area contributed by atoms with Crippen molar-refractivity contribution >= 4 is 5.91 Å². The average Bonchev–Trinajstić information content (AvgIpc) is 3.18. The summed E-state index contributed by atoms with van der Waals surface area (Å²) in [4.78, 5) is 18.9. The molecule has 2 N–H and O–H groups in total. The Kier molecular flexibility index (Phi) is 5.78. The molecule has 134 valence electrons. The molecule has 0 aromatic carbocycles. The van der Waals surface area contributed by atoms with Gasteiger partial charge in [-0.1, -0.05) is 6.07 Å². The molecule has 0 bridgehead atoms. The lowest BCUT2D eigenvalue weighted by Crippen LogP contribution is -2.28. The molecular weight excluding hydrogens is 318 g/mol. The van der Waals surface area contributed by atoms with Crippen molar-refractivity contribution in [3.05, 3.63) is 47.5 Å². The fourth-order valence-corrected chi connectivity index (χ4v) is 3.14. The van der Waals surface area contributed by atoms with E-state index in [1.807, 2.05) is 31.4 Å². The molecule has 7 heteroatoms. The number of aryl methyl sites for hydroxylation is 2. The zero-order valence-electron chi connectivity index (χ0n) is 14.6. The van der Waals surface area contributed by atoms with Crippen molar-refractivity contribution < 1.29 is 9.90 Å². The predicted octanol–water partition coefficient (Wildman–Crippen LogP) is 0.744. The third kappa shape index (κ3) is 4.87. The summed E-state index contributed by atoms with van der Waals surface area (Å²) in [5.41, 5.74) is 2.41. The van der Waals surface area contributed by atoms with E-state index < -0.39 is 0 Å². The molecule has 1 saturated heterocycles. The van der Waals surface area contributed by atoms with Gasteiger partial charge in [0.15, 0.2) is 5.69 Å². The van der Waals surface area contributed by atoms with E-state index in [4.69, 9.17) is 0 Å². The topological polar surface area (TPSA) is 83.3 Å². The van der Waals surface area contributed by atoms with E-state index >= 15 is 0 Å². The van der Waals surface area contributed by atoms with Crippen LogP contribution in [0.25, 0.3) is 0 Å². The minimum absolute atomic E-state index is 0.142. The van der Waals surface area contributed by atoms with Crippen molar-refractivity contribution in [1.29, 1.82) is 0 Å². The normalized spacial score (nSPS) is 17.8. The first-order valence-electron chi connectivity index (χ1n) is 8.73. The number of pyridine rings is 1. The third-order valence-electron chi connectivity index (χ3n) is 4.38. The Bertz CT molecular complexity index is 701. The van der Waals surface area contributed by atoms with Gasteiger partial charge in [-0.15, -0.1) is 0 Å². The van der Waals surface area contributed by atoms with Crippen LogP contribution in [0.2, 0.25) is 0 Å². The van der Waals surface area contributed by atoms with E-state index in [0.29, 0.717) is 25.3 Å². The van der Waals surface area contributed by atoms with Gasteiger partial charge in [0.2, 0.25) is 0 Å². The first-order valence-corrected chi connectivity index (χ1v) is 8.73. The van der Waals surface area contributed by atoms with Crippen molar-refractivity contribution in [3.8, 4) is 0 Å². The number of hydrogen-bond acceptors (Lipinski definition) is 5. The number of nitrogens with zero attached hydrogens (tertiary/aromatic N) is 4. The number of aromatic nitrogens is 3. The van der Waals surface area contributed by atoms with Crippen LogP contribution in [0.3, 0.4) is 0 Å². The summed E-state index contributed by atoms with van der Waals surface area (Å²) in [5, 5.41) is 16.9. The lowest BCUT2D eigenvalue weighted by atomic mass is 10.2. The lowest BCUT2D eigenvalue weighted by molar-refractivity contribution is 0.0945. The molecule has 0 aliphatic carbocycles. The summed E-state index contributed by atoms with van der Waals surface area (Å²) in [7, 11) is 1.82. The lowest BCUT2D eigenvalue weighted by Gasteiger charge is -2.14. The summed E-state index contributed by atoms with van der Waals surface area (Å²) in [5.74, 6) is -0.142. The van der Waals surface area contributed by atoms with Crippen LogP contribution < -0.4 is 5.32 Å². The fraction of sp³-hybridized carbons (Fsp3) is 0.500. The monoisotopic (exact) mass is 343 g/mol. The van der Waals surface area contributed by atoms with Crippen LogP contribution in [0.4, 0.5) is 0 Å². The maximum Gasteiger partial charge on any atom is 0.272 e. The molecule has 0 radical (unpaired) electrons. The Morgan fingerprint density at radius 1 is 1.44 bits per heavy atom. The Labute approximate surface area is 147 Å². The fourth-order valence-electron chi connectivity index (χ4n) is 3.14. The Morgan fingerprint density at radius 2 is 2.32 bits per heavy atom. The number of amides is 1. The highest BCUT2D eigenvalue weighted by Crippen LogP contribution is 2.15. The molecule has 7 nitrogen and oxygen atoms in total. The molecule has 2 aromatic heterocycles. The van der Waals surface area contributed by atoms with Gasteiger partial charge >= 0.3 is 0 Å². The number of hydrogen-bond donors (Lipinski definition) is 2. The molecule has 2 aromatic rings. The second-order valence-electron chi connectivity index (χ2n) is 6.53. The minimum Gasteiger partial charge on any atom is -0.392 e. The molecule has 3 rings (SSSR count). The summed E-state index contributed by atoms with van der Waals surface area (Å²) in [6.07, 6.45) is 5.86. The van der Waals surface area contributed by atoms with Crippen molar-refractivity contribution in [2.75, 3.05) is 19.6 Å². The van der Waals surface area contributed by atoms with Crippen LogP contribution >= 0.6 is 0 Å². The van der Waals surface area contributed by atoms with Gasteiger partial charge in [-0.2, -0.15) is 5.10 Å². The Balaban J connectivity index is 1.51. The molecule has 3 heterocycles. The molecule has 0 spiro atoms. The van der Waals surface area contributed by atoms with Crippen LogP contribution in [-0.2, 0) is 20.0 Å². The van der Waals surface area contributed by atoms with Crippen LogP contribution in [0.15, 0.2) is 30.6 Å². The summed E-state index contributed by atoms with van der Waals surface area (Å²) in [6.45, 7) is 2.73. The van der Waals surface area contributed by atoms with Crippen molar-refractivity contribution in [1.82, 2.24) is 25.0 Å². The standard InChI is InChI=1S/C18H25N5O2/c1-22-11-14(12-23-10-7-16(24)13-23)17(21-22)18(25)20-9-4-6-15-5-2-3-8-19-15/h2-3,5,8,11,16,24H,4,6-7,9-10,12-13H2,1H3,(H,20,25). The zero-order chi connectivity index (χ0) is 17.6. The maximum absolute atomic E-state index is 12.5. The molecule has 1 amide bonds. The van der Waals surface area contributed by atoms with E-state index in [1.165, 1.54) is 0 Å². The van der Waals surface area contributed by atoms with Crippen LogP contribution in [0, 0.1) is 0 Å². The zero-order valence-corrected chi connectivity index (χ0v) is 14.6. The molecule has 0 saturated carbocycles. The number of likely N-dealkylation sites (tertiary alicyclic amines) is 1. The van der Waals surface area contributed by atoms with E-state index in [2.05, 4.69) is 20.3 Å². The number of aliphatic hydroxyl groups excluding tert-OH is 1. The van der Waals surface area contributed by atoms with Crippen molar-refractivity contribution in [3.63, 3.8) is 0 Å². The molecule has 1 aliphatic rings. The van der Waals surface area contributed by atoms with Gasteiger partial charge in [-0.25, -0.2) is 0 Å². The molecule has 1 aliphatic heterocycles. The first kappa shape index (κ1) is 17.6. The summed E-state index contributed by atoms with van der Waals surface area (Å²) in [6, 6.07) is 5.85. The Morgan fingerprint density at radius 3 is 3.04 bits per heavy atom. The minimum atomic E-state index is -0.263. The Hall–Kier alpha value is -2.25. The highest BCUT2D eigenvalue weighted by molar-refractivity contribution is 5.93. The molecule has 25 heavy (non-hydrogen) atoms. The van der Waals surface area contributed by atoms with Crippen LogP contribution in [0.1, 0.15) is 34.6 Å². The van der Waals surface area contributed by atoms with Gasteiger partial charge in [0.1, 0.15) is 0 Å². The smallest absolute Gasteiger partial charge is 0.272 e. The van der Waals surface area contributed by atoms with Crippen LogP contribution in [-0.4, -0.2) is 56.4 Å². The van der Waals surface area contributed by atoms with Crippen LogP contribution in [0.5, 0.6) is 0 Å². The number of rotatable bonds is 7. The molecule has 1 fully saturated rings. The number of β-amino-alcohol motifs (C(OH)–C–C–N with tert-alkyl or cyclic N) is 1. The van der Waals surface area contributed by atoms with E-state index in [0.717, 1.165) is 37.1 Å². The van der Waals surface area contributed by atoms with E-state index in [-0.39, 0.29) is 12.0 Å². The highest BCUT2D eigenvalue weighted by Gasteiger charge is 2.23. The second kappa shape index (κ2) is 8.22. The predicted molar refractivity (Wildman–Crippen MR) is 94.0 cm³/mol. The van der Waals surface area contributed by atoms with Gasteiger partial charge in [0, 0.05) is 56.9 Å². The van der Waals surface area contributed by atoms with Crippen molar-refractivity contribution in [2.45, 2.75) is 31.9 Å². The largest absolute Gasteiger partial charge is 0.392 e. The number of nitrogens with one attached hydrogen (secondary N) is 1. The van der Waals surface area contributed by atoms with Gasteiger partial charge in [-0.3, -0.25) is 19.4 Å². The average molecular weight is 343 g/mol. The molecular formula is C18H25N5O2. The second-order valence-corrected chi connectivity index (χ2v) is 6.53. The SMILES string of the molecule is Cn1cc(CN2CCC(O)C2)c(C(=O)NCCCc2ccccn2)n1. The van der Waals surface area contributed by atoms with E-state index in [9.17, 15) is 9.90 Å².